The standard InChI is InChI=1S/C10H13NO.Re/c1-10(6-11-7-10)8-2-4-9(12)5-3-8;/h2-5,11-12H,6-7H2,1H3;. The number of nitrogens with one attached hydrogen (secondary N) is 1. The molecular formula is C10H13NORe. The fraction of sp³-hybridized carbons (Fsp3) is 0.400. The van der Waals surface area contributed by atoms with Crippen molar-refractivity contribution >= 4 is 0 Å². The van der Waals surface area contributed by atoms with Gasteiger partial charge in [-0.15, -0.1) is 0 Å². The summed E-state index contributed by atoms with van der Waals surface area (Å²) in [5.74, 6) is 0.342. The number of rotatable bonds is 1. The molecule has 0 aromatic heterocycles. The van der Waals surface area contributed by atoms with Gasteiger partial charge in [-0.05, 0) is 17.7 Å². The molecule has 13 heavy (non-hydrogen) atoms. The van der Waals surface area contributed by atoms with Crippen molar-refractivity contribution in [2.45, 2.75) is 12.3 Å². The SMILES string of the molecule is CC1(c2ccc(O)cc2)CNC1.[Re]. The Morgan fingerprint density at radius 1 is 1.23 bits per heavy atom. The molecule has 0 bridgehead atoms. The van der Waals surface area contributed by atoms with Gasteiger partial charge in [0.15, 0.2) is 0 Å². The Labute approximate surface area is 92.0 Å². The smallest absolute Gasteiger partial charge is 0.115 e. The van der Waals surface area contributed by atoms with Gasteiger partial charge in [-0.1, -0.05) is 19.1 Å². The largest absolute Gasteiger partial charge is 0.508 e. The van der Waals surface area contributed by atoms with Gasteiger partial charge in [-0.3, -0.25) is 0 Å². The molecule has 1 radical (unpaired) electrons. The van der Waals surface area contributed by atoms with Crippen molar-refractivity contribution in [2.24, 2.45) is 0 Å². The van der Waals surface area contributed by atoms with E-state index in [-0.39, 0.29) is 25.8 Å². The molecule has 2 nitrogen and oxygen atoms in total. The van der Waals surface area contributed by atoms with Crippen LogP contribution in [-0.4, -0.2) is 18.2 Å². The molecular weight excluding hydrogens is 336 g/mol. The maximum Gasteiger partial charge on any atom is 0.115 e. The minimum absolute atomic E-state index is 0. The van der Waals surface area contributed by atoms with E-state index in [4.69, 9.17) is 5.11 Å². The molecule has 0 aliphatic carbocycles. The zero-order valence-electron chi connectivity index (χ0n) is 7.55. The van der Waals surface area contributed by atoms with Crippen molar-refractivity contribution in [3.63, 3.8) is 0 Å². The normalized spacial score (nSPS) is 18.5. The third kappa shape index (κ3) is 1.94. The van der Waals surface area contributed by atoms with Gasteiger partial charge < -0.3 is 10.4 Å². The van der Waals surface area contributed by atoms with Crippen LogP contribution in [0.5, 0.6) is 5.75 Å². The first kappa shape index (κ1) is 10.7. The van der Waals surface area contributed by atoms with E-state index in [0.29, 0.717) is 5.75 Å². The number of phenolic OH excluding ortho intramolecular Hbond substituents is 1. The first-order valence-electron chi connectivity index (χ1n) is 4.21. The van der Waals surface area contributed by atoms with Gasteiger partial charge in [0.2, 0.25) is 0 Å². The van der Waals surface area contributed by atoms with Crippen LogP contribution in [0.25, 0.3) is 0 Å². The van der Waals surface area contributed by atoms with Crippen LogP contribution < -0.4 is 5.32 Å². The molecule has 71 valence electrons. The van der Waals surface area contributed by atoms with Crippen LogP contribution in [0.4, 0.5) is 0 Å². The Kier molecular flexibility index (Phi) is 3.13. The van der Waals surface area contributed by atoms with Gasteiger partial charge >= 0.3 is 0 Å². The number of hydrogen-bond donors (Lipinski definition) is 2. The van der Waals surface area contributed by atoms with E-state index >= 15 is 0 Å². The van der Waals surface area contributed by atoms with Crippen LogP contribution in [0.2, 0.25) is 0 Å². The van der Waals surface area contributed by atoms with Crippen molar-refractivity contribution in [1.29, 1.82) is 0 Å². The third-order valence-corrected chi connectivity index (χ3v) is 2.59. The number of phenols is 1. The maximum atomic E-state index is 9.10. The van der Waals surface area contributed by atoms with E-state index in [9.17, 15) is 0 Å². The van der Waals surface area contributed by atoms with E-state index in [0.717, 1.165) is 13.1 Å². The zero-order valence-corrected chi connectivity index (χ0v) is 10.3. The van der Waals surface area contributed by atoms with E-state index in [1.54, 1.807) is 12.1 Å². The second kappa shape index (κ2) is 3.79. The van der Waals surface area contributed by atoms with E-state index in [2.05, 4.69) is 12.2 Å². The summed E-state index contributed by atoms with van der Waals surface area (Å²) in [7, 11) is 0. The second-order valence-corrected chi connectivity index (χ2v) is 3.71. The summed E-state index contributed by atoms with van der Waals surface area (Å²) < 4.78 is 0. The quantitative estimate of drug-likeness (QED) is 0.800. The molecule has 1 aliphatic rings. The molecule has 1 saturated heterocycles. The minimum Gasteiger partial charge on any atom is -0.508 e. The van der Waals surface area contributed by atoms with E-state index in [1.807, 2.05) is 12.1 Å². The molecule has 1 aromatic rings. The van der Waals surface area contributed by atoms with Crippen LogP contribution in [0.3, 0.4) is 0 Å². The molecule has 1 fully saturated rings. The predicted molar refractivity (Wildman–Crippen MR) is 48.3 cm³/mol. The average molecular weight is 349 g/mol. The molecule has 0 saturated carbocycles. The first-order valence-corrected chi connectivity index (χ1v) is 4.21. The number of benzene rings is 1. The predicted octanol–water partition coefficient (Wildman–Crippen LogP) is 1.25. The Balaban J connectivity index is 0.000000845. The maximum absolute atomic E-state index is 9.10. The monoisotopic (exact) mass is 350 g/mol. The second-order valence-electron chi connectivity index (χ2n) is 3.71. The minimum atomic E-state index is 0. The van der Waals surface area contributed by atoms with Gasteiger partial charge in [-0.25, -0.2) is 0 Å². The van der Waals surface area contributed by atoms with E-state index in [1.165, 1.54) is 5.56 Å². The van der Waals surface area contributed by atoms with Crippen LogP contribution in [0, 0.1) is 0 Å². The van der Waals surface area contributed by atoms with Crippen molar-refractivity contribution in [2.75, 3.05) is 13.1 Å². The van der Waals surface area contributed by atoms with Gasteiger partial charge in [0.1, 0.15) is 5.75 Å². The van der Waals surface area contributed by atoms with Crippen LogP contribution in [-0.2, 0) is 25.8 Å². The molecule has 1 aromatic carbocycles. The van der Waals surface area contributed by atoms with Crippen molar-refractivity contribution in [1.82, 2.24) is 5.32 Å². The summed E-state index contributed by atoms with van der Waals surface area (Å²) in [4.78, 5) is 0. The first-order chi connectivity index (χ1) is 5.71. The summed E-state index contributed by atoms with van der Waals surface area (Å²) >= 11 is 0. The molecule has 2 rings (SSSR count). The molecule has 1 heterocycles. The van der Waals surface area contributed by atoms with Crippen molar-refractivity contribution in [3.8, 4) is 5.75 Å². The Hall–Kier alpha value is -0.358. The van der Waals surface area contributed by atoms with Gasteiger partial charge in [0.05, 0.1) is 0 Å². The molecule has 0 spiro atoms. The van der Waals surface area contributed by atoms with Crippen molar-refractivity contribution < 1.29 is 25.5 Å². The Bertz CT molecular complexity index is 279. The number of aromatic hydroxyl groups is 1. The summed E-state index contributed by atoms with van der Waals surface area (Å²) in [6.45, 7) is 4.31. The van der Waals surface area contributed by atoms with Crippen molar-refractivity contribution in [3.05, 3.63) is 29.8 Å². The third-order valence-electron chi connectivity index (χ3n) is 2.59. The van der Waals surface area contributed by atoms with Crippen LogP contribution in [0.15, 0.2) is 24.3 Å². The van der Waals surface area contributed by atoms with Gasteiger partial charge in [-0.2, -0.15) is 0 Å². The van der Waals surface area contributed by atoms with Crippen LogP contribution >= 0.6 is 0 Å². The topological polar surface area (TPSA) is 32.3 Å². The molecule has 0 amide bonds. The Morgan fingerprint density at radius 2 is 1.77 bits per heavy atom. The molecule has 3 heteroatoms. The summed E-state index contributed by atoms with van der Waals surface area (Å²) in [5.41, 5.74) is 1.59. The zero-order chi connectivity index (χ0) is 8.60. The van der Waals surface area contributed by atoms with Crippen LogP contribution in [0.1, 0.15) is 12.5 Å². The fourth-order valence-corrected chi connectivity index (χ4v) is 1.57. The van der Waals surface area contributed by atoms with Gasteiger partial charge in [0, 0.05) is 38.9 Å². The molecule has 1 aliphatic heterocycles. The summed E-state index contributed by atoms with van der Waals surface area (Å²) in [6.07, 6.45) is 0. The van der Waals surface area contributed by atoms with Gasteiger partial charge in [0.25, 0.3) is 0 Å². The summed E-state index contributed by atoms with van der Waals surface area (Å²) in [5, 5.41) is 12.3. The average Bonchev–Trinajstić information content (AvgIpc) is 2.02. The Morgan fingerprint density at radius 3 is 2.15 bits per heavy atom. The molecule has 0 atom stereocenters. The van der Waals surface area contributed by atoms with E-state index < -0.39 is 0 Å². The summed E-state index contributed by atoms with van der Waals surface area (Å²) in [6, 6.07) is 7.49. The molecule has 0 unspecified atom stereocenters. The number of hydrogen-bond acceptors (Lipinski definition) is 2. The molecule has 2 N–H and O–H groups in total. The fourth-order valence-electron chi connectivity index (χ4n) is 1.57.